The van der Waals surface area contributed by atoms with Gasteiger partial charge in [-0.15, -0.1) is 0 Å². The first kappa shape index (κ1) is 11.9. The molecule has 0 amide bonds. The zero-order valence-corrected chi connectivity index (χ0v) is 10.1. The molecule has 0 spiro atoms. The molecule has 92 valence electrons. The van der Waals surface area contributed by atoms with Gasteiger partial charge < -0.3 is 10.6 Å². The summed E-state index contributed by atoms with van der Waals surface area (Å²) in [7, 11) is 1.96. The number of aliphatic imine (C=N–C) groups is 1. The second kappa shape index (κ2) is 5.17. The number of guanidine groups is 1. The molecule has 0 unspecified atom stereocenters. The summed E-state index contributed by atoms with van der Waals surface area (Å²) in [4.78, 5) is 6.28. The largest absolute Gasteiger partial charge is 0.370 e. The van der Waals surface area contributed by atoms with Crippen molar-refractivity contribution in [2.45, 2.75) is 25.3 Å². The van der Waals surface area contributed by atoms with Crippen LogP contribution in [-0.4, -0.2) is 30.5 Å². The molecule has 17 heavy (non-hydrogen) atoms. The van der Waals surface area contributed by atoms with E-state index in [2.05, 4.69) is 4.99 Å². The standard InChI is InChI=1S/C13H18FN3/c1-17(11-6-7-11)13(15)16-9-8-10-4-2-3-5-12(10)14/h2-5,11H,6-9H2,1H3,(H2,15,16). The molecule has 1 aromatic rings. The van der Waals surface area contributed by atoms with E-state index in [0.717, 1.165) is 0 Å². The Bertz CT molecular complexity index is 413. The van der Waals surface area contributed by atoms with E-state index in [1.54, 1.807) is 12.1 Å². The van der Waals surface area contributed by atoms with Crippen LogP contribution in [0.4, 0.5) is 4.39 Å². The van der Waals surface area contributed by atoms with Crippen molar-refractivity contribution < 1.29 is 4.39 Å². The fraction of sp³-hybridized carbons (Fsp3) is 0.462. The number of rotatable bonds is 4. The Kier molecular flexibility index (Phi) is 3.61. The highest BCUT2D eigenvalue weighted by molar-refractivity contribution is 5.78. The smallest absolute Gasteiger partial charge is 0.191 e. The Morgan fingerprint density at radius 2 is 2.18 bits per heavy atom. The summed E-state index contributed by atoms with van der Waals surface area (Å²) in [6.45, 7) is 0.532. The monoisotopic (exact) mass is 235 g/mol. The van der Waals surface area contributed by atoms with Gasteiger partial charge in [0.25, 0.3) is 0 Å². The molecule has 1 fully saturated rings. The van der Waals surface area contributed by atoms with Crippen molar-refractivity contribution in [3.63, 3.8) is 0 Å². The van der Waals surface area contributed by atoms with Crippen molar-refractivity contribution in [2.24, 2.45) is 10.7 Å². The normalized spacial score (nSPS) is 16.0. The molecule has 3 nitrogen and oxygen atoms in total. The molecule has 1 aromatic carbocycles. The minimum atomic E-state index is -0.170. The van der Waals surface area contributed by atoms with Crippen LogP contribution in [0.1, 0.15) is 18.4 Å². The van der Waals surface area contributed by atoms with Crippen LogP contribution >= 0.6 is 0 Å². The van der Waals surface area contributed by atoms with Gasteiger partial charge in [-0.2, -0.15) is 0 Å². The summed E-state index contributed by atoms with van der Waals surface area (Å²) in [6.07, 6.45) is 2.98. The van der Waals surface area contributed by atoms with Crippen molar-refractivity contribution >= 4 is 5.96 Å². The van der Waals surface area contributed by atoms with Crippen LogP contribution in [0.5, 0.6) is 0 Å². The lowest BCUT2D eigenvalue weighted by molar-refractivity contribution is 0.487. The topological polar surface area (TPSA) is 41.6 Å². The van der Waals surface area contributed by atoms with E-state index < -0.39 is 0 Å². The van der Waals surface area contributed by atoms with E-state index in [-0.39, 0.29) is 5.82 Å². The zero-order chi connectivity index (χ0) is 12.3. The Hall–Kier alpha value is -1.58. The van der Waals surface area contributed by atoms with E-state index in [1.807, 2.05) is 18.0 Å². The first-order valence-corrected chi connectivity index (χ1v) is 5.94. The van der Waals surface area contributed by atoms with Crippen molar-refractivity contribution in [2.75, 3.05) is 13.6 Å². The fourth-order valence-electron chi connectivity index (χ4n) is 1.75. The van der Waals surface area contributed by atoms with Gasteiger partial charge in [-0.05, 0) is 30.9 Å². The molecule has 1 saturated carbocycles. The van der Waals surface area contributed by atoms with Gasteiger partial charge >= 0.3 is 0 Å². The van der Waals surface area contributed by atoms with Gasteiger partial charge in [0.15, 0.2) is 5.96 Å². The average molecular weight is 235 g/mol. The van der Waals surface area contributed by atoms with Gasteiger partial charge in [-0.1, -0.05) is 18.2 Å². The first-order valence-electron chi connectivity index (χ1n) is 5.94. The lowest BCUT2D eigenvalue weighted by atomic mass is 10.1. The van der Waals surface area contributed by atoms with Crippen molar-refractivity contribution in [3.8, 4) is 0 Å². The van der Waals surface area contributed by atoms with Gasteiger partial charge in [-0.25, -0.2) is 4.39 Å². The van der Waals surface area contributed by atoms with Crippen molar-refractivity contribution in [1.29, 1.82) is 0 Å². The maximum Gasteiger partial charge on any atom is 0.191 e. The second-order valence-electron chi connectivity index (χ2n) is 4.42. The Morgan fingerprint density at radius 1 is 1.47 bits per heavy atom. The molecule has 1 aliphatic carbocycles. The quantitative estimate of drug-likeness (QED) is 0.638. The summed E-state index contributed by atoms with van der Waals surface area (Å²) in [5.41, 5.74) is 6.54. The molecule has 0 radical (unpaired) electrons. The van der Waals surface area contributed by atoms with Gasteiger partial charge in [0.1, 0.15) is 5.82 Å². The molecular weight excluding hydrogens is 217 g/mol. The lowest BCUT2D eigenvalue weighted by Crippen LogP contribution is -2.35. The summed E-state index contributed by atoms with van der Waals surface area (Å²) >= 11 is 0. The van der Waals surface area contributed by atoms with Gasteiger partial charge in [0.05, 0.1) is 0 Å². The number of halogens is 1. The van der Waals surface area contributed by atoms with E-state index in [9.17, 15) is 4.39 Å². The van der Waals surface area contributed by atoms with Crippen molar-refractivity contribution in [3.05, 3.63) is 35.6 Å². The fourth-order valence-corrected chi connectivity index (χ4v) is 1.75. The maximum absolute atomic E-state index is 13.3. The summed E-state index contributed by atoms with van der Waals surface area (Å²) < 4.78 is 13.3. The number of nitrogens with zero attached hydrogens (tertiary/aromatic N) is 2. The van der Waals surface area contributed by atoms with Crippen LogP contribution in [0.25, 0.3) is 0 Å². The molecule has 0 aromatic heterocycles. The van der Waals surface area contributed by atoms with Gasteiger partial charge in [0, 0.05) is 19.6 Å². The van der Waals surface area contributed by atoms with E-state index >= 15 is 0 Å². The molecule has 4 heteroatoms. The van der Waals surface area contributed by atoms with Crippen LogP contribution in [0.2, 0.25) is 0 Å². The molecule has 0 heterocycles. The zero-order valence-electron chi connectivity index (χ0n) is 10.1. The number of hydrogen-bond acceptors (Lipinski definition) is 1. The van der Waals surface area contributed by atoms with Gasteiger partial charge in [0.2, 0.25) is 0 Å². The van der Waals surface area contributed by atoms with Crippen LogP contribution in [0.3, 0.4) is 0 Å². The first-order chi connectivity index (χ1) is 8.18. The molecule has 2 rings (SSSR count). The van der Waals surface area contributed by atoms with Crippen LogP contribution in [-0.2, 0) is 6.42 Å². The van der Waals surface area contributed by atoms with E-state index in [4.69, 9.17) is 5.73 Å². The van der Waals surface area contributed by atoms with Gasteiger partial charge in [-0.3, -0.25) is 4.99 Å². The van der Waals surface area contributed by atoms with Crippen LogP contribution in [0.15, 0.2) is 29.3 Å². The van der Waals surface area contributed by atoms with E-state index in [1.165, 1.54) is 18.9 Å². The number of benzene rings is 1. The Labute approximate surface area is 101 Å². The second-order valence-corrected chi connectivity index (χ2v) is 4.42. The molecule has 0 aliphatic heterocycles. The molecular formula is C13H18FN3. The lowest BCUT2D eigenvalue weighted by Gasteiger charge is -2.16. The van der Waals surface area contributed by atoms with Crippen molar-refractivity contribution in [1.82, 2.24) is 4.90 Å². The third kappa shape index (κ3) is 3.19. The molecule has 2 N–H and O–H groups in total. The average Bonchev–Trinajstić information content (AvgIpc) is 3.14. The molecule has 0 saturated heterocycles. The maximum atomic E-state index is 13.3. The third-order valence-electron chi connectivity index (χ3n) is 3.07. The van der Waals surface area contributed by atoms with Crippen LogP contribution in [0, 0.1) is 5.82 Å². The SMILES string of the molecule is CN(C(N)=NCCc1ccccc1F)C1CC1. The number of hydrogen-bond donors (Lipinski definition) is 1. The highest BCUT2D eigenvalue weighted by atomic mass is 19.1. The van der Waals surface area contributed by atoms with Crippen LogP contribution < -0.4 is 5.73 Å². The predicted octanol–water partition coefficient (Wildman–Crippen LogP) is 1.78. The molecule has 0 bridgehead atoms. The Morgan fingerprint density at radius 3 is 2.82 bits per heavy atom. The number of nitrogens with two attached hydrogens (primary N) is 1. The minimum absolute atomic E-state index is 0.170. The molecule has 0 atom stereocenters. The highest BCUT2D eigenvalue weighted by Crippen LogP contribution is 2.24. The summed E-state index contributed by atoms with van der Waals surface area (Å²) in [5, 5.41) is 0. The molecule has 1 aliphatic rings. The predicted molar refractivity (Wildman–Crippen MR) is 67.4 cm³/mol. The summed E-state index contributed by atoms with van der Waals surface area (Å²) in [6, 6.07) is 7.34. The third-order valence-corrected chi connectivity index (χ3v) is 3.07. The summed E-state index contributed by atoms with van der Waals surface area (Å²) in [5.74, 6) is 0.389. The Balaban J connectivity index is 1.86. The minimum Gasteiger partial charge on any atom is -0.370 e. The highest BCUT2D eigenvalue weighted by Gasteiger charge is 2.27. The van der Waals surface area contributed by atoms with E-state index in [0.29, 0.717) is 30.5 Å².